The molecule has 4 heteroatoms. The average Bonchev–Trinajstić information content (AvgIpc) is 2.59. The summed E-state index contributed by atoms with van der Waals surface area (Å²) in [5, 5.41) is 2.71. The van der Waals surface area contributed by atoms with Gasteiger partial charge in [0.1, 0.15) is 0 Å². The van der Waals surface area contributed by atoms with Crippen molar-refractivity contribution >= 4 is 23.6 Å². The first-order chi connectivity index (χ1) is 11.8. The van der Waals surface area contributed by atoms with E-state index >= 15 is 0 Å². The number of hydrogen-bond donors (Lipinski definition) is 1. The van der Waals surface area contributed by atoms with Gasteiger partial charge >= 0.3 is 5.97 Å². The molecule has 0 saturated heterocycles. The van der Waals surface area contributed by atoms with E-state index in [2.05, 4.69) is 26.1 Å². The molecule has 0 fully saturated rings. The fraction of sp³-hybridized carbons (Fsp3) is 0.238. The first-order valence-corrected chi connectivity index (χ1v) is 8.15. The van der Waals surface area contributed by atoms with E-state index in [1.807, 2.05) is 54.6 Å². The lowest BCUT2D eigenvalue weighted by Gasteiger charge is -2.19. The maximum Gasteiger partial charge on any atom is 0.331 e. The summed E-state index contributed by atoms with van der Waals surface area (Å²) < 4.78 is 4.94. The first kappa shape index (κ1) is 18.5. The number of ether oxygens (including phenoxy) is 1. The molecule has 25 heavy (non-hydrogen) atoms. The summed E-state index contributed by atoms with van der Waals surface area (Å²) in [5.74, 6) is -0.924. The fourth-order valence-corrected chi connectivity index (χ4v) is 2.16. The topological polar surface area (TPSA) is 55.4 Å². The standard InChI is InChI=1S/C21H23NO3/c1-21(2,3)17-10-12-18(13-11-17)22-19(23)15-25-20(24)14-9-16-7-5-4-6-8-16/h4-14H,15H2,1-3H3,(H,22,23)/b14-9+. The van der Waals surface area contributed by atoms with Crippen LogP contribution in [0.4, 0.5) is 5.69 Å². The molecule has 2 rings (SSSR count). The molecule has 0 radical (unpaired) electrons. The highest BCUT2D eigenvalue weighted by atomic mass is 16.5. The number of benzene rings is 2. The van der Waals surface area contributed by atoms with Crippen LogP contribution in [-0.4, -0.2) is 18.5 Å². The molecule has 1 N–H and O–H groups in total. The van der Waals surface area contributed by atoms with E-state index in [-0.39, 0.29) is 17.9 Å². The summed E-state index contributed by atoms with van der Waals surface area (Å²) in [6.45, 7) is 6.06. The number of carbonyl (C=O) groups is 2. The van der Waals surface area contributed by atoms with Crippen molar-refractivity contribution in [1.29, 1.82) is 0 Å². The molecule has 0 spiro atoms. The molecular formula is C21H23NO3. The minimum Gasteiger partial charge on any atom is -0.452 e. The van der Waals surface area contributed by atoms with Crippen molar-refractivity contribution in [3.05, 3.63) is 71.8 Å². The van der Waals surface area contributed by atoms with E-state index in [0.717, 1.165) is 5.56 Å². The monoisotopic (exact) mass is 337 g/mol. The number of esters is 1. The number of carbonyl (C=O) groups excluding carboxylic acids is 2. The molecule has 130 valence electrons. The Morgan fingerprint density at radius 1 is 1.00 bits per heavy atom. The van der Waals surface area contributed by atoms with Gasteiger partial charge in [-0.15, -0.1) is 0 Å². The second-order valence-electron chi connectivity index (χ2n) is 6.73. The lowest BCUT2D eigenvalue weighted by atomic mass is 9.87. The van der Waals surface area contributed by atoms with Gasteiger partial charge < -0.3 is 10.1 Å². The summed E-state index contributed by atoms with van der Waals surface area (Å²) in [6, 6.07) is 17.0. The second kappa shape index (κ2) is 8.29. The molecule has 2 aromatic carbocycles. The van der Waals surface area contributed by atoms with Crippen molar-refractivity contribution in [1.82, 2.24) is 0 Å². The average molecular weight is 337 g/mol. The first-order valence-electron chi connectivity index (χ1n) is 8.15. The number of rotatable bonds is 5. The zero-order chi connectivity index (χ0) is 18.3. The molecular weight excluding hydrogens is 314 g/mol. The van der Waals surface area contributed by atoms with E-state index in [9.17, 15) is 9.59 Å². The molecule has 0 aliphatic rings. The van der Waals surface area contributed by atoms with E-state index < -0.39 is 5.97 Å². The lowest BCUT2D eigenvalue weighted by molar-refractivity contribution is -0.142. The highest BCUT2D eigenvalue weighted by molar-refractivity contribution is 5.94. The van der Waals surface area contributed by atoms with Gasteiger partial charge in [-0.3, -0.25) is 4.79 Å². The zero-order valence-corrected chi connectivity index (χ0v) is 14.8. The van der Waals surface area contributed by atoms with Crippen LogP contribution in [0.15, 0.2) is 60.7 Å². The molecule has 0 bridgehead atoms. The van der Waals surface area contributed by atoms with Gasteiger partial charge in [0.2, 0.25) is 0 Å². The van der Waals surface area contributed by atoms with Crippen molar-refractivity contribution in [2.75, 3.05) is 11.9 Å². The summed E-state index contributed by atoms with van der Waals surface area (Å²) in [6.07, 6.45) is 2.95. The van der Waals surface area contributed by atoms with Gasteiger partial charge in [-0.05, 0) is 34.8 Å². The van der Waals surface area contributed by atoms with Crippen LogP contribution in [0.1, 0.15) is 31.9 Å². The molecule has 0 saturated carbocycles. The second-order valence-corrected chi connectivity index (χ2v) is 6.73. The van der Waals surface area contributed by atoms with Crippen molar-refractivity contribution in [3.8, 4) is 0 Å². The predicted octanol–water partition coefficient (Wildman–Crippen LogP) is 4.18. The lowest BCUT2D eigenvalue weighted by Crippen LogP contribution is -2.20. The van der Waals surface area contributed by atoms with E-state index in [4.69, 9.17) is 4.74 Å². The zero-order valence-electron chi connectivity index (χ0n) is 14.8. The molecule has 0 aliphatic heterocycles. The highest BCUT2D eigenvalue weighted by Crippen LogP contribution is 2.23. The van der Waals surface area contributed by atoms with Crippen LogP contribution in [-0.2, 0) is 19.7 Å². The number of anilines is 1. The Morgan fingerprint density at radius 3 is 2.24 bits per heavy atom. The van der Waals surface area contributed by atoms with E-state index in [1.54, 1.807) is 6.08 Å². The quantitative estimate of drug-likeness (QED) is 0.658. The van der Waals surface area contributed by atoms with Crippen LogP contribution in [0.3, 0.4) is 0 Å². The van der Waals surface area contributed by atoms with Gasteiger partial charge in [0.15, 0.2) is 6.61 Å². The van der Waals surface area contributed by atoms with Gasteiger partial charge in [-0.1, -0.05) is 63.2 Å². The molecule has 1 amide bonds. The smallest absolute Gasteiger partial charge is 0.331 e. The van der Waals surface area contributed by atoms with E-state index in [1.165, 1.54) is 11.6 Å². The predicted molar refractivity (Wildman–Crippen MR) is 100 cm³/mol. The Kier molecular flexibility index (Phi) is 6.12. The maximum absolute atomic E-state index is 11.9. The summed E-state index contributed by atoms with van der Waals surface area (Å²) in [7, 11) is 0. The van der Waals surface area contributed by atoms with Crippen molar-refractivity contribution in [2.24, 2.45) is 0 Å². The number of nitrogens with one attached hydrogen (secondary N) is 1. The Labute approximate surface area is 148 Å². The Balaban J connectivity index is 1.80. The third kappa shape index (κ3) is 6.26. The summed E-state index contributed by atoms with van der Waals surface area (Å²) in [5.41, 5.74) is 2.81. The van der Waals surface area contributed by atoms with Crippen LogP contribution in [0.2, 0.25) is 0 Å². The van der Waals surface area contributed by atoms with E-state index in [0.29, 0.717) is 5.69 Å². The van der Waals surface area contributed by atoms with Gasteiger partial charge in [0.25, 0.3) is 5.91 Å². The Bertz CT molecular complexity index is 741. The summed E-state index contributed by atoms with van der Waals surface area (Å²) in [4.78, 5) is 23.5. The molecule has 0 aliphatic carbocycles. The van der Waals surface area contributed by atoms with Crippen molar-refractivity contribution in [3.63, 3.8) is 0 Å². The highest BCUT2D eigenvalue weighted by Gasteiger charge is 2.13. The van der Waals surface area contributed by atoms with Crippen LogP contribution >= 0.6 is 0 Å². The summed E-state index contributed by atoms with van der Waals surface area (Å²) >= 11 is 0. The third-order valence-corrected chi connectivity index (χ3v) is 3.59. The molecule has 0 aromatic heterocycles. The van der Waals surface area contributed by atoms with Crippen LogP contribution in [0.25, 0.3) is 6.08 Å². The van der Waals surface area contributed by atoms with Crippen LogP contribution in [0, 0.1) is 0 Å². The normalized spacial score (nSPS) is 11.3. The molecule has 0 atom stereocenters. The molecule has 0 unspecified atom stereocenters. The third-order valence-electron chi connectivity index (χ3n) is 3.59. The van der Waals surface area contributed by atoms with Crippen molar-refractivity contribution < 1.29 is 14.3 Å². The van der Waals surface area contributed by atoms with Crippen LogP contribution < -0.4 is 5.32 Å². The van der Waals surface area contributed by atoms with Gasteiger partial charge in [0, 0.05) is 11.8 Å². The fourth-order valence-electron chi connectivity index (χ4n) is 2.16. The Morgan fingerprint density at radius 2 is 1.64 bits per heavy atom. The molecule has 0 heterocycles. The van der Waals surface area contributed by atoms with Gasteiger partial charge in [-0.25, -0.2) is 4.79 Å². The van der Waals surface area contributed by atoms with Gasteiger partial charge in [0.05, 0.1) is 0 Å². The molecule has 4 nitrogen and oxygen atoms in total. The Hall–Kier alpha value is -2.88. The van der Waals surface area contributed by atoms with Gasteiger partial charge in [-0.2, -0.15) is 0 Å². The number of hydrogen-bond acceptors (Lipinski definition) is 3. The largest absolute Gasteiger partial charge is 0.452 e. The molecule has 2 aromatic rings. The SMILES string of the molecule is CC(C)(C)c1ccc(NC(=O)COC(=O)/C=C/c2ccccc2)cc1. The number of amides is 1. The van der Waals surface area contributed by atoms with Crippen molar-refractivity contribution in [2.45, 2.75) is 26.2 Å². The van der Waals surface area contributed by atoms with Crippen LogP contribution in [0.5, 0.6) is 0 Å². The minimum atomic E-state index is -0.554. The minimum absolute atomic E-state index is 0.0587. The maximum atomic E-state index is 11.9.